The van der Waals surface area contributed by atoms with Crippen molar-refractivity contribution in [1.82, 2.24) is 4.90 Å². The van der Waals surface area contributed by atoms with Crippen LogP contribution in [-0.2, 0) is 0 Å². The molecule has 0 aliphatic rings. The van der Waals surface area contributed by atoms with Crippen molar-refractivity contribution >= 4 is 34.5 Å². The molecule has 0 atom stereocenters. The molecule has 2 aromatic rings. The largest absolute Gasteiger partial charge is 0.339 e. The molecule has 0 fully saturated rings. The Morgan fingerprint density at radius 2 is 1.80 bits per heavy atom. The van der Waals surface area contributed by atoms with Crippen LogP contribution in [0.25, 0.3) is 0 Å². The highest BCUT2D eigenvalue weighted by molar-refractivity contribution is 7.14. The molecule has 25 heavy (non-hydrogen) atoms. The van der Waals surface area contributed by atoms with Gasteiger partial charge in [0.05, 0.1) is 14.7 Å². The molecule has 0 bridgehead atoms. The fourth-order valence-electron chi connectivity index (χ4n) is 2.35. The summed E-state index contributed by atoms with van der Waals surface area (Å²) >= 11 is 1.07. The molecule has 0 aliphatic heterocycles. The number of aryl methyl sites for hydroxylation is 1. The molecule has 132 valence electrons. The number of hydrogen-bond donors (Lipinski definition) is 1. The van der Waals surface area contributed by atoms with Gasteiger partial charge in [-0.15, -0.1) is 11.3 Å². The minimum absolute atomic E-state index is 0.0599. The summed E-state index contributed by atoms with van der Waals surface area (Å²) in [6, 6.07) is 7.86. The van der Waals surface area contributed by atoms with Gasteiger partial charge in [-0.3, -0.25) is 19.7 Å². The summed E-state index contributed by atoms with van der Waals surface area (Å²) in [5.74, 6) is -0.476. The Balaban J connectivity index is 2.11. The lowest BCUT2D eigenvalue weighted by Gasteiger charge is -2.18. The molecule has 0 unspecified atom stereocenters. The van der Waals surface area contributed by atoms with Gasteiger partial charge in [0.1, 0.15) is 0 Å². The van der Waals surface area contributed by atoms with E-state index in [2.05, 4.69) is 5.32 Å². The van der Waals surface area contributed by atoms with Gasteiger partial charge < -0.3 is 10.2 Å². The number of hydrogen-bond acceptors (Lipinski definition) is 5. The molecule has 0 radical (unpaired) electrons. The van der Waals surface area contributed by atoms with Gasteiger partial charge in [0, 0.05) is 30.4 Å². The Labute approximate surface area is 149 Å². The maximum Gasteiger partial charge on any atom is 0.283 e. The minimum atomic E-state index is -0.504. The van der Waals surface area contributed by atoms with Crippen molar-refractivity contribution < 1.29 is 14.5 Å². The Morgan fingerprint density at radius 3 is 2.28 bits per heavy atom. The molecular formula is C17H19N3O4S. The Kier molecular flexibility index (Phi) is 5.87. The van der Waals surface area contributed by atoms with E-state index in [1.54, 1.807) is 36.1 Å². The van der Waals surface area contributed by atoms with E-state index in [0.29, 0.717) is 29.2 Å². The fourth-order valence-corrected chi connectivity index (χ4v) is 3.23. The number of anilines is 1. The summed E-state index contributed by atoms with van der Waals surface area (Å²) in [5, 5.41) is 13.6. The summed E-state index contributed by atoms with van der Waals surface area (Å²) in [5.41, 5.74) is 1.01. The van der Waals surface area contributed by atoms with Crippen LogP contribution in [0, 0.1) is 17.0 Å². The number of nitrogens with one attached hydrogen (secondary N) is 1. The first-order valence-corrected chi connectivity index (χ1v) is 8.64. The molecule has 1 N–H and O–H groups in total. The van der Waals surface area contributed by atoms with Crippen LogP contribution in [0.4, 0.5) is 11.4 Å². The van der Waals surface area contributed by atoms with E-state index < -0.39 is 10.8 Å². The van der Waals surface area contributed by atoms with Crippen molar-refractivity contribution in [2.45, 2.75) is 20.8 Å². The lowest BCUT2D eigenvalue weighted by molar-refractivity contribution is -0.385. The SMILES string of the molecule is CCN(CC)C(=O)c1ccc(NC(=O)c2cc([N+](=O)[O-])c(C)s2)cc1. The number of carbonyl (C=O) groups excluding carboxylic acids is 2. The van der Waals surface area contributed by atoms with Crippen LogP contribution >= 0.6 is 11.3 Å². The van der Waals surface area contributed by atoms with Crippen molar-refractivity contribution in [3.8, 4) is 0 Å². The molecule has 0 saturated heterocycles. The number of nitro groups is 1. The molecule has 2 rings (SSSR count). The molecule has 1 aromatic carbocycles. The molecule has 0 aliphatic carbocycles. The second-order valence-corrected chi connectivity index (χ2v) is 6.57. The maximum absolute atomic E-state index is 12.2. The monoisotopic (exact) mass is 361 g/mol. The highest BCUT2D eigenvalue weighted by atomic mass is 32.1. The van der Waals surface area contributed by atoms with Gasteiger partial charge in [0.2, 0.25) is 0 Å². The van der Waals surface area contributed by atoms with Gasteiger partial charge in [0.15, 0.2) is 0 Å². The summed E-state index contributed by atoms with van der Waals surface area (Å²) in [6.07, 6.45) is 0. The van der Waals surface area contributed by atoms with Gasteiger partial charge in [-0.2, -0.15) is 0 Å². The van der Waals surface area contributed by atoms with Crippen LogP contribution < -0.4 is 5.32 Å². The predicted octanol–water partition coefficient (Wildman–Crippen LogP) is 3.70. The van der Waals surface area contributed by atoms with Crippen LogP contribution in [0.2, 0.25) is 0 Å². The zero-order valence-electron chi connectivity index (χ0n) is 14.2. The predicted molar refractivity (Wildman–Crippen MR) is 97.4 cm³/mol. The van der Waals surface area contributed by atoms with E-state index in [1.165, 1.54) is 6.07 Å². The van der Waals surface area contributed by atoms with Gasteiger partial charge in [-0.1, -0.05) is 0 Å². The summed E-state index contributed by atoms with van der Waals surface area (Å²) < 4.78 is 0. The van der Waals surface area contributed by atoms with Crippen LogP contribution in [0.1, 0.15) is 38.8 Å². The van der Waals surface area contributed by atoms with E-state index in [4.69, 9.17) is 0 Å². The van der Waals surface area contributed by atoms with Crippen molar-refractivity contribution in [2.75, 3.05) is 18.4 Å². The third-order valence-corrected chi connectivity index (χ3v) is 4.79. The fraction of sp³-hybridized carbons (Fsp3) is 0.294. The number of thiophene rings is 1. The topological polar surface area (TPSA) is 92.6 Å². The number of nitrogens with zero attached hydrogens (tertiary/aromatic N) is 2. The average Bonchev–Trinajstić information content (AvgIpc) is 2.99. The van der Waals surface area contributed by atoms with E-state index >= 15 is 0 Å². The lowest BCUT2D eigenvalue weighted by Crippen LogP contribution is -2.30. The first-order chi connectivity index (χ1) is 11.9. The molecule has 0 saturated carbocycles. The standard InChI is InChI=1S/C17H19N3O4S/c1-4-19(5-2)17(22)12-6-8-13(9-7-12)18-16(21)15-10-14(20(23)24)11(3)25-15/h6-10H,4-5H2,1-3H3,(H,18,21). The normalized spacial score (nSPS) is 10.4. The second kappa shape index (κ2) is 7.89. The maximum atomic E-state index is 12.2. The second-order valence-electron chi connectivity index (χ2n) is 5.32. The molecule has 1 heterocycles. The first kappa shape index (κ1) is 18.6. The molecule has 2 amide bonds. The van der Waals surface area contributed by atoms with Crippen LogP contribution in [0.5, 0.6) is 0 Å². The number of benzene rings is 1. The quantitative estimate of drug-likeness (QED) is 0.627. The van der Waals surface area contributed by atoms with Gasteiger partial charge in [0.25, 0.3) is 17.5 Å². The highest BCUT2D eigenvalue weighted by Gasteiger charge is 2.19. The van der Waals surface area contributed by atoms with Crippen LogP contribution in [0.3, 0.4) is 0 Å². The van der Waals surface area contributed by atoms with Crippen LogP contribution in [0.15, 0.2) is 30.3 Å². The van der Waals surface area contributed by atoms with Crippen molar-refractivity contribution in [3.05, 3.63) is 55.8 Å². The number of amides is 2. The van der Waals surface area contributed by atoms with Gasteiger partial charge in [-0.05, 0) is 45.0 Å². The molecule has 1 aromatic heterocycles. The van der Waals surface area contributed by atoms with Crippen LogP contribution in [-0.4, -0.2) is 34.7 Å². The Bertz CT molecular complexity index is 795. The molecular weight excluding hydrogens is 342 g/mol. The number of rotatable bonds is 6. The zero-order chi connectivity index (χ0) is 18.6. The Hall–Kier alpha value is -2.74. The zero-order valence-corrected chi connectivity index (χ0v) is 15.1. The van der Waals surface area contributed by atoms with Gasteiger partial charge >= 0.3 is 0 Å². The van der Waals surface area contributed by atoms with E-state index in [-0.39, 0.29) is 16.5 Å². The third-order valence-electron chi connectivity index (χ3n) is 3.75. The summed E-state index contributed by atoms with van der Waals surface area (Å²) in [4.78, 5) is 37.3. The van der Waals surface area contributed by atoms with E-state index in [1.807, 2.05) is 13.8 Å². The first-order valence-electron chi connectivity index (χ1n) is 7.82. The Morgan fingerprint density at radius 1 is 1.20 bits per heavy atom. The third kappa shape index (κ3) is 4.21. The molecule has 8 heteroatoms. The lowest BCUT2D eigenvalue weighted by atomic mass is 10.1. The minimum Gasteiger partial charge on any atom is -0.339 e. The van der Waals surface area contributed by atoms with Gasteiger partial charge in [-0.25, -0.2) is 0 Å². The smallest absolute Gasteiger partial charge is 0.283 e. The molecule has 7 nitrogen and oxygen atoms in total. The average molecular weight is 361 g/mol. The summed E-state index contributed by atoms with van der Waals surface area (Å²) in [7, 11) is 0. The van der Waals surface area contributed by atoms with E-state index in [9.17, 15) is 19.7 Å². The number of carbonyl (C=O) groups is 2. The highest BCUT2D eigenvalue weighted by Crippen LogP contribution is 2.28. The van der Waals surface area contributed by atoms with Crippen molar-refractivity contribution in [1.29, 1.82) is 0 Å². The van der Waals surface area contributed by atoms with Crippen molar-refractivity contribution in [2.24, 2.45) is 0 Å². The summed E-state index contributed by atoms with van der Waals surface area (Å²) in [6.45, 7) is 6.69. The molecule has 0 spiro atoms. The van der Waals surface area contributed by atoms with E-state index in [0.717, 1.165) is 11.3 Å². The van der Waals surface area contributed by atoms with Crippen molar-refractivity contribution in [3.63, 3.8) is 0 Å².